The predicted octanol–water partition coefficient (Wildman–Crippen LogP) is 6.19. The van der Waals surface area contributed by atoms with E-state index in [1.54, 1.807) is 12.1 Å². The second-order valence-electron chi connectivity index (χ2n) is 5.18. The van der Waals surface area contributed by atoms with Gasteiger partial charge in [-0.15, -0.1) is 0 Å². The van der Waals surface area contributed by atoms with Crippen molar-refractivity contribution in [1.82, 2.24) is 4.98 Å². The van der Waals surface area contributed by atoms with Crippen LogP contribution in [-0.4, -0.2) is 4.98 Å². The van der Waals surface area contributed by atoms with Gasteiger partial charge in [0.05, 0.1) is 0 Å². The smallest absolute Gasteiger partial charge is 0.230 e. The van der Waals surface area contributed by atoms with Crippen LogP contribution in [0, 0.1) is 0 Å². The summed E-state index contributed by atoms with van der Waals surface area (Å²) in [5.41, 5.74) is 2.51. The molecule has 5 heteroatoms. The first-order valence-corrected chi connectivity index (χ1v) is 7.45. The number of pyridine rings is 1. The third-order valence-corrected chi connectivity index (χ3v) is 4.30. The first-order chi connectivity index (χ1) is 10.7. The fourth-order valence-corrected chi connectivity index (χ4v) is 3.16. The van der Waals surface area contributed by atoms with Gasteiger partial charge in [-0.25, -0.2) is 0 Å². The van der Waals surface area contributed by atoms with Gasteiger partial charge >= 0.3 is 0 Å². The number of hydrogen-bond donors (Lipinski definition) is 0. The molecule has 0 saturated heterocycles. The Labute approximate surface area is 134 Å². The van der Waals surface area contributed by atoms with Crippen LogP contribution in [0.1, 0.15) is 0 Å². The molecule has 5 aromatic rings. The molecule has 3 heterocycles. The summed E-state index contributed by atoms with van der Waals surface area (Å²) in [6, 6.07) is 13.2. The molecule has 0 saturated carbocycles. The molecule has 0 spiro atoms. The second-order valence-corrected chi connectivity index (χ2v) is 6.05. The van der Waals surface area contributed by atoms with Crippen LogP contribution in [-0.2, 0) is 0 Å². The van der Waals surface area contributed by atoms with Crippen molar-refractivity contribution in [3.8, 4) is 0 Å². The van der Waals surface area contributed by atoms with E-state index in [-0.39, 0.29) is 0 Å². The Hall–Kier alpha value is -2.23. The van der Waals surface area contributed by atoms with Gasteiger partial charge in [0.15, 0.2) is 0 Å². The third-order valence-electron chi connectivity index (χ3n) is 3.83. The number of aromatic nitrogens is 1. The first kappa shape index (κ1) is 12.3. The monoisotopic (exact) mass is 327 g/mol. The molecule has 0 radical (unpaired) electrons. The number of nitrogens with zero attached hydrogens (tertiary/aromatic N) is 1. The van der Waals surface area contributed by atoms with E-state index in [9.17, 15) is 0 Å². The van der Waals surface area contributed by atoms with Crippen LogP contribution < -0.4 is 0 Å². The van der Waals surface area contributed by atoms with Gasteiger partial charge in [0, 0.05) is 43.7 Å². The topological polar surface area (TPSA) is 39.2 Å². The summed E-state index contributed by atoms with van der Waals surface area (Å²) in [6.07, 6.45) is 0. The minimum Gasteiger partial charge on any atom is -0.438 e. The van der Waals surface area contributed by atoms with Gasteiger partial charge < -0.3 is 8.83 Å². The average Bonchev–Trinajstić information content (AvgIpc) is 3.00. The maximum atomic E-state index is 6.01. The number of halogens is 2. The van der Waals surface area contributed by atoms with Crippen LogP contribution in [0.3, 0.4) is 0 Å². The van der Waals surface area contributed by atoms with E-state index in [1.807, 2.05) is 30.3 Å². The Morgan fingerprint density at radius 3 is 1.64 bits per heavy atom. The van der Waals surface area contributed by atoms with Crippen molar-refractivity contribution < 1.29 is 8.83 Å². The van der Waals surface area contributed by atoms with E-state index in [0.29, 0.717) is 21.5 Å². The lowest BCUT2D eigenvalue weighted by Gasteiger charge is -1.91. The van der Waals surface area contributed by atoms with Crippen molar-refractivity contribution in [2.24, 2.45) is 0 Å². The Balaban J connectivity index is 1.97. The third kappa shape index (κ3) is 1.61. The number of benzene rings is 2. The highest BCUT2D eigenvalue weighted by Gasteiger charge is 2.14. The van der Waals surface area contributed by atoms with E-state index in [4.69, 9.17) is 32.0 Å². The van der Waals surface area contributed by atoms with Crippen molar-refractivity contribution in [3.05, 3.63) is 52.5 Å². The quantitative estimate of drug-likeness (QED) is 0.340. The van der Waals surface area contributed by atoms with E-state index in [0.717, 1.165) is 32.7 Å². The molecule has 0 atom stereocenters. The van der Waals surface area contributed by atoms with E-state index >= 15 is 0 Å². The Kier molecular flexibility index (Phi) is 2.33. The minimum atomic E-state index is 0.537. The van der Waals surface area contributed by atoms with Crippen molar-refractivity contribution in [3.63, 3.8) is 0 Å². The Morgan fingerprint density at radius 1 is 0.636 bits per heavy atom. The molecule has 22 heavy (non-hydrogen) atoms. The SMILES string of the molecule is Clc1ccc2c(c1)oc1nc3oc4cc(Cl)ccc4c3cc12. The highest BCUT2D eigenvalue weighted by Crippen LogP contribution is 2.35. The fraction of sp³-hybridized carbons (Fsp3) is 0. The van der Waals surface area contributed by atoms with Crippen LogP contribution in [0.25, 0.3) is 44.1 Å². The molecule has 3 nitrogen and oxygen atoms in total. The van der Waals surface area contributed by atoms with Crippen molar-refractivity contribution in [2.75, 3.05) is 0 Å². The fourth-order valence-electron chi connectivity index (χ4n) is 2.84. The van der Waals surface area contributed by atoms with E-state index in [1.165, 1.54) is 0 Å². The van der Waals surface area contributed by atoms with E-state index < -0.39 is 0 Å². The highest BCUT2D eigenvalue weighted by molar-refractivity contribution is 6.32. The summed E-state index contributed by atoms with van der Waals surface area (Å²) < 4.78 is 11.6. The molecule has 0 amide bonds. The number of hydrogen-bond acceptors (Lipinski definition) is 3. The number of furan rings is 2. The van der Waals surface area contributed by atoms with Gasteiger partial charge in [0.1, 0.15) is 11.2 Å². The molecular weight excluding hydrogens is 321 g/mol. The molecule has 3 aromatic heterocycles. The summed E-state index contributed by atoms with van der Waals surface area (Å²) in [4.78, 5) is 4.49. The maximum Gasteiger partial charge on any atom is 0.230 e. The van der Waals surface area contributed by atoms with Crippen LogP contribution in [0.4, 0.5) is 0 Å². The van der Waals surface area contributed by atoms with Crippen molar-refractivity contribution in [2.45, 2.75) is 0 Å². The van der Waals surface area contributed by atoms with Crippen LogP contribution in [0.15, 0.2) is 51.3 Å². The van der Waals surface area contributed by atoms with E-state index in [2.05, 4.69) is 4.98 Å². The summed E-state index contributed by atoms with van der Waals surface area (Å²) in [5.74, 6) is 0. The summed E-state index contributed by atoms with van der Waals surface area (Å²) in [7, 11) is 0. The molecular formula is C17H7Cl2NO2. The molecule has 0 aliphatic heterocycles. The predicted molar refractivity (Wildman–Crippen MR) is 88.8 cm³/mol. The number of rotatable bonds is 0. The molecule has 0 fully saturated rings. The first-order valence-electron chi connectivity index (χ1n) is 6.70. The zero-order valence-electron chi connectivity index (χ0n) is 11.1. The summed E-state index contributed by atoms with van der Waals surface area (Å²) in [6.45, 7) is 0. The lowest BCUT2D eigenvalue weighted by Crippen LogP contribution is -1.74. The molecule has 0 aliphatic rings. The van der Waals surface area contributed by atoms with Gasteiger partial charge in [-0.1, -0.05) is 23.2 Å². The van der Waals surface area contributed by atoms with Crippen molar-refractivity contribution >= 4 is 67.3 Å². The molecule has 0 aliphatic carbocycles. The lowest BCUT2D eigenvalue weighted by atomic mass is 10.1. The van der Waals surface area contributed by atoms with Gasteiger partial charge in [0.2, 0.25) is 11.4 Å². The zero-order valence-corrected chi connectivity index (χ0v) is 12.6. The maximum absolute atomic E-state index is 6.01. The molecule has 106 valence electrons. The normalized spacial score (nSPS) is 12.1. The van der Waals surface area contributed by atoms with Gasteiger partial charge in [0.25, 0.3) is 0 Å². The molecule has 0 N–H and O–H groups in total. The Bertz CT molecular complexity index is 1110. The lowest BCUT2D eigenvalue weighted by molar-refractivity contribution is 0.631. The van der Waals surface area contributed by atoms with Gasteiger partial charge in [-0.2, -0.15) is 4.98 Å². The molecule has 2 aromatic carbocycles. The zero-order chi connectivity index (χ0) is 14.8. The van der Waals surface area contributed by atoms with Crippen LogP contribution in [0.5, 0.6) is 0 Å². The standard InChI is InChI=1S/C17H7Cl2NO2/c18-8-1-3-10-12-7-13-11-4-2-9(19)6-15(11)22-17(13)20-16(12)21-14(10)5-8/h1-7H. The largest absolute Gasteiger partial charge is 0.438 e. The minimum absolute atomic E-state index is 0.537. The van der Waals surface area contributed by atoms with Gasteiger partial charge in [-0.3, -0.25) is 0 Å². The van der Waals surface area contributed by atoms with Gasteiger partial charge in [-0.05, 0) is 30.3 Å². The molecule has 0 unspecified atom stereocenters. The summed E-state index contributed by atoms with van der Waals surface area (Å²) in [5, 5.41) is 5.12. The van der Waals surface area contributed by atoms with Crippen LogP contribution in [0.2, 0.25) is 10.0 Å². The molecule has 5 rings (SSSR count). The average molecular weight is 328 g/mol. The number of fused-ring (bicyclic) bond motifs is 6. The summed E-state index contributed by atoms with van der Waals surface area (Å²) >= 11 is 12.0. The Morgan fingerprint density at radius 2 is 1.14 bits per heavy atom. The molecule has 0 bridgehead atoms. The van der Waals surface area contributed by atoms with Crippen LogP contribution >= 0.6 is 23.2 Å². The van der Waals surface area contributed by atoms with Crippen molar-refractivity contribution in [1.29, 1.82) is 0 Å². The highest BCUT2D eigenvalue weighted by atomic mass is 35.5. The second kappa shape index (κ2) is 4.15.